The van der Waals surface area contributed by atoms with Gasteiger partial charge in [-0.2, -0.15) is 0 Å². The maximum Gasteiger partial charge on any atom is 0.228 e. The summed E-state index contributed by atoms with van der Waals surface area (Å²) in [6.45, 7) is 7.20. The van der Waals surface area contributed by atoms with E-state index in [9.17, 15) is 4.79 Å². The molecular formula is C12H21ClN2O2. The third kappa shape index (κ3) is 3.12. The van der Waals surface area contributed by atoms with E-state index < -0.39 is 0 Å². The van der Waals surface area contributed by atoms with Gasteiger partial charge in [-0.1, -0.05) is 0 Å². The highest BCUT2D eigenvalue weighted by molar-refractivity contribution is 6.18. The van der Waals surface area contributed by atoms with E-state index in [0.29, 0.717) is 5.88 Å². The van der Waals surface area contributed by atoms with Crippen molar-refractivity contribution in [3.05, 3.63) is 0 Å². The molecule has 0 spiro atoms. The summed E-state index contributed by atoms with van der Waals surface area (Å²) in [6, 6.07) is 0. The SMILES string of the molecule is CC1OCCC1C(=O)N1CCN(CCCl)CC1. The van der Waals surface area contributed by atoms with E-state index in [-0.39, 0.29) is 17.9 Å². The molecule has 2 fully saturated rings. The molecule has 0 N–H and O–H groups in total. The lowest BCUT2D eigenvalue weighted by Gasteiger charge is -2.36. The first-order valence-corrected chi connectivity index (χ1v) is 6.94. The molecule has 0 aliphatic carbocycles. The average Bonchev–Trinajstić information content (AvgIpc) is 2.76. The van der Waals surface area contributed by atoms with Crippen molar-refractivity contribution in [2.45, 2.75) is 19.4 Å². The summed E-state index contributed by atoms with van der Waals surface area (Å²) in [6.07, 6.45) is 0.963. The van der Waals surface area contributed by atoms with Gasteiger partial charge in [-0.3, -0.25) is 9.69 Å². The third-order valence-electron chi connectivity index (χ3n) is 3.78. The molecule has 0 aromatic rings. The van der Waals surface area contributed by atoms with Crippen LogP contribution in [0.2, 0.25) is 0 Å². The molecule has 4 nitrogen and oxygen atoms in total. The molecule has 0 radical (unpaired) electrons. The van der Waals surface area contributed by atoms with Gasteiger partial charge < -0.3 is 9.64 Å². The molecule has 2 atom stereocenters. The van der Waals surface area contributed by atoms with Crippen molar-refractivity contribution in [1.29, 1.82) is 0 Å². The van der Waals surface area contributed by atoms with Crippen molar-refractivity contribution in [3.63, 3.8) is 0 Å². The van der Waals surface area contributed by atoms with Crippen LogP contribution in [0.4, 0.5) is 0 Å². The van der Waals surface area contributed by atoms with Crippen LogP contribution in [0.15, 0.2) is 0 Å². The van der Waals surface area contributed by atoms with Gasteiger partial charge in [0.15, 0.2) is 0 Å². The molecule has 0 bridgehead atoms. The van der Waals surface area contributed by atoms with E-state index >= 15 is 0 Å². The fourth-order valence-electron chi connectivity index (χ4n) is 2.60. The molecular weight excluding hydrogens is 240 g/mol. The maximum absolute atomic E-state index is 12.3. The minimum atomic E-state index is 0.0783. The number of hydrogen-bond acceptors (Lipinski definition) is 3. The van der Waals surface area contributed by atoms with Gasteiger partial charge in [0.2, 0.25) is 5.91 Å². The summed E-state index contributed by atoms with van der Waals surface area (Å²) in [7, 11) is 0. The Morgan fingerprint density at radius 3 is 2.59 bits per heavy atom. The number of nitrogens with zero attached hydrogens (tertiary/aromatic N) is 2. The van der Waals surface area contributed by atoms with Crippen molar-refractivity contribution < 1.29 is 9.53 Å². The van der Waals surface area contributed by atoms with Gasteiger partial charge in [-0.25, -0.2) is 0 Å². The number of piperazine rings is 1. The molecule has 2 aliphatic heterocycles. The van der Waals surface area contributed by atoms with E-state index in [2.05, 4.69) is 4.90 Å². The molecule has 2 aliphatic rings. The van der Waals surface area contributed by atoms with E-state index in [0.717, 1.165) is 45.8 Å². The largest absolute Gasteiger partial charge is 0.378 e. The fourth-order valence-corrected chi connectivity index (χ4v) is 2.84. The van der Waals surface area contributed by atoms with Crippen molar-refractivity contribution in [2.24, 2.45) is 5.92 Å². The van der Waals surface area contributed by atoms with Gasteiger partial charge in [-0.15, -0.1) is 11.6 Å². The summed E-state index contributed by atoms with van der Waals surface area (Å²) in [4.78, 5) is 16.6. The van der Waals surface area contributed by atoms with Gasteiger partial charge in [-0.05, 0) is 13.3 Å². The number of amides is 1. The lowest BCUT2D eigenvalue weighted by atomic mass is 10.0. The summed E-state index contributed by atoms with van der Waals surface area (Å²) in [5, 5.41) is 0. The Balaban J connectivity index is 1.82. The number of carbonyl (C=O) groups is 1. The first kappa shape index (κ1) is 13.1. The topological polar surface area (TPSA) is 32.8 Å². The Hall–Kier alpha value is -0.320. The molecule has 2 heterocycles. The number of carbonyl (C=O) groups excluding carboxylic acids is 1. The van der Waals surface area contributed by atoms with Crippen LogP contribution >= 0.6 is 11.6 Å². The normalized spacial score (nSPS) is 30.8. The quantitative estimate of drug-likeness (QED) is 0.704. The predicted molar refractivity (Wildman–Crippen MR) is 67.3 cm³/mol. The Kier molecular flexibility index (Phi) is 4.65. The van der Waals surface area contributed by atoms with Crippen LogP contribution in [0.1, 0.15) is 13.3 Å². The van der Waals surface area contributed by atoms with Crippen LogP contribution in [0, 0.1) is 5.92 Å². The number of alkyl halides is 1. The van der Waals surface area contributed by atoms with Crippen molar-refractivity contribution in [3.8, 4) is 0 Å². The van der Waals surface area contributed by atoms with Gasteiger partial charge in [0, 0.05) is 45.2 Å². The highest BCUT2D eigenvalue weighted by Gasteiger charge is 2.34. The molecule has 0 saturated carbocycles. The molecule has 0 aromatic carbocycles. The van der Waals surface area contributed by atoms with E-state index in [1.807, 2.05) is 11.8 Å². The third-order valence-corrected chi connectivity index (χ3v) is 3.95. The van der Waals surface area contributed by atoms with Gasteiger partial charge in [0.25, 0.3) is 0 Å². The molecule has 98 valence electrons. The second-order valence-electron chi connectivity index (χ2n) is 4.83. The molecule has 2 saturated heterocycles. The zero-order valence-electron chi connectivity index (χ0n) is 10.4. The maximum atomic E-state index is 12.3. The highest BCUT2D eigenvalue weighted by Crippen LogP contribution is 2.23. The smallest absolute Gasteiger partial charge is 0.228 e. The number of rotatable bonds is 3. The molecule has 17 heavy (non-hydrogen) atoms. The van der Waals surface area contributed by atoms with Crippen LogP contribution in [0.3, 0.4) is 0 Å². The van der Waals surface area contributed by atoms with Gasteiger partial charge in [0.1, 0.15) is 0 Å². The summed E-state index contributed by atoms with van der Waals surface area (Å²) >= 11 is 5.72. The first-order valence-electron chi connectivity index (χ1n) is 6.41. The summed E-state index contributed by atoms with van der Waals surface area (Å²) in [5.74, 6) is 1.02. The second kappa shape index (κ2) is 6.03. The van der Waals surface area contributed by atoms with Crippen LogP contribution < -0.4 is 0 Å². The molecule has 5 heteroatoms. The molecule has 0 aromatic heterocycles. The van der Waals surface area contributed by atoms with Crippen LogP contribution in [-0.2, 0) is 9.53 Å². The monoisotopic (exact) mass is 260 g/mol. The Labute approximate surface area is 108 Å². The van der Waals surface area contributed by atoms with Gasteiger partial charge >= 0.3 is 0 Å². The number of halogens is 1. The van der Waals surface area contributed by atoms with Crippen molar-refractivity contribution >= 4 is 17.5 Å². The molecule has 2 rings (SSSR count). The fraction of sp³-hybridized carbons (Fsp3) is 0.917. The van der Waals surface area contributed by atoms with Crippen LogP contribution in [-0.4, -0.2) is 67.0 Å². The Morgan fingerprint density at radius 1 is 1.35 bits per heavy atom. The minimum Gasteiger partial charge on any atom is -0.378 e. The number of ether oxygens (including phenoxy) is 1. The number of hydrogen-bond donors (Lipinski definition) is 0. The van der Waals surface area contributed by atoms with Crippen LogP contribution in [0.25, 0.3) is 0 Å². The standard InChI is InChI=1S/C12H21ClN2O2/c1-10-11(2-9-17-10)12(16)15-7-5-14(4-3-13)6-8-15/h10-11H,2-9H2,1H3. The van der Waals surface area contributed by atoms with E-state index in [1.165, 1.54) is 0 Å². The Morgan fingerprint density at radius 2 is 2.06 bits per heavy atom. The zero-order valence-corrected chi connectivity index (χ0v) is 11.2. The Bertz CT molecular complexity index is 267. The van der Waals surface area contributed by atoms with Gasteiger partial charge in [0.05, 0.1) is 12.0 Å². The zero-order chi connectivity index (χ0) is 12.3. The summed E-state index contributed by atoms with van der Waals surface area (Å²) in [5.41, 5.74) is 0. The van der Waals surface area contributed by atoms with E-state index in [1.54, 1.807) is 0 Å². The lowest BCUT2D eigenvalue weighted by molar-refractivity contribution is -0.138. The average molecular weight is 261 g/mol. The van der Waals surface area contributed by atoms with Crippen molar-refractivity contribution in [1.82, 2.24) is 9.80 Å². The molecule has 2 unspecified atom stereocenters. The first-order chi connectivity index (χ1) is 8.22. The highest BCUT2D eigenvalue weighted by atomic mass is 35.5. The molecule has 1 amide bonds. The van der Waals surface area contributed by atoms with Crippen molar-refractivity contribution in [2.75, 3.05) is 45.2 Å². The summed E-state index contributed by atoms with van der Waals surface area (Å²) < 4.78 is 5.46. The predicted octanol–water partition coefficient (Wildman–Crippen LogP) is 0.794. The van der Waals surface area contributed by atoms with E-state index in [4.69, 9.17) is 16.3 Å². The van der Waals surface area contributed by atoms with Crippen LogP contribution in [0.5, 0.6) is 0 Å². The minimum absolute atomic E-state index is 0.0783. The second-order valence-corrected chi connectivity index (χ2v) is 5.20. The lowest BCUT2D eigenvalue weighted by Crippen LogP contribution is -2.51.